The Bertz CT molecular complexity index is 1460. The van der Waals surface area contributed by atoms with Gasteiger partial charge in [-0.25, -0.2) is 9.18 Å². The number of halogens is 2. The third-order valence-electron chi connectivity index (χ3n) is 6.70. The highest BCUT2D eigenvalue weighted by molar-refractivity contribution is 6.30. The number of nitrogens with one attached hydrogen (secondary N) is 2. The van der Waals surface area contributed by atoms with E-state index >= 15 is 0 Å². The van der Waals surface area contributed by atoms with Crippen LogP contribution in [0.15, 0.2) is 72.8 Å². The fraction of sp³-hybridized carbons (Fsp3) is 0.207. The normalized spacial score (nSPS) is 13.4. The minimum absolute atomic E-state index is 0.0242. The van der Waals surface area contributed by atoms with Gasteiger partial charge in [-0.05, 0) is 79.1 Å². The summed E-state index contributed by atoms with van der Waals surface area (Å²) in [6.45, 7) is 0.218. The van der Waals surface area contributed by atoms with Gasteiger partial charge in [-0.3, -0.25) is 4.79 Å². The van der Waals surface area contributed by atoms with Crippen molar-refractivity contribution in [3.63, 3.8) is 0 Å². The van der Waals surface area contributed by atoms with E-state index in [-0.39, 0.29) is 29.9 Å². The Hall–Kier alpha value is -4.17. The van der Waals surface area contributed by atoms with E-state index in [1.165, 1.54) is 22.9 Å². The standard InChI is InChI=1S/C29H26ClFN4O3/c30-21-9-7-20(8-10-21)28(37)33-23-13-14-27(36)24(15-23)25-16-26(19-3-1-2-4-19)35(34-25)29(38)32-17-18-5-11-22(31)12-6-18/h5-16,19,36H,1-4,17H2,(H,32,38)(H,33,37). The summed E-state index contributed by atoms with van der Waals surface area (Å²) in [5.41, 5.74) is 3.25. The summed E-state index contributed by atoms with van der Waals surface area (Å²) in [5, 5.41) is 21.4. The molecule has 38 heavy (non-hydrogen) atoms. The Morgan fingerprint density at radius 2 is 1.71 bits per heavy atom. The average molecular weight is 533 g/mol. The molecule has 7 nitrogen and oxygen atoms in total. The molecule has 1 heterocycles. The van der Waals surface area contributed by atoms with Crippen molar-refractivity contribution in [2.24, 2.45) is 0 Å². The number of amides is 2. The molecule has 3 aromatic carbocycles. The predicted molar refractivity (Wildman–Crippen MR) is 144 cm³/mol. The third kappa shape index (κ3) is 5.70. The van der Waals surface area contributed by atoms with Crippen LogP contribution < -0.4 is 10.6 Å². The molecule has 0 atom stereocenters. The van der Waals surface area contributed by atoms with Crippen LogP contribution in [-0.2, 0) is 6.54 Å². The number of phenols is 1. The molecule has 1 saturated carbocycles. The van der Waals surface area contributed by atoms with E-state index < -0.39 is 6.03 Å². The smallest absolute Gasteiger partial charge is 0.342 e. The predicted octanol–water partition coefficient (Wildman–Crippen LogP) is 6.72. The molecule has 9 heteroatoms. The lowest BCUT2D eigenvalue weighted by Crippen LogP contribution is -2.30. The van der Waals surface area contributed by atoms with Gasteiger partial charge in [-0.2, -0.15) is 9.78 Å². The summed E-state index contributed by atoms with van der Waals surface area (Å²) in [5.74, 6) is -0.519. The van der Waals surface area contributed by atoms with Crippen LogP contribution >= 0.6 is 11.6 Å². The number of hydrogen-bond acceptors (Lipinski definition) is 4. The lowest BCUT2D eigenvalue weighted by molar-refractivity contribution is 0.102. The van der Waals surface area contributed by atoms with Crippen molar-refractivity contribution in [3.8, 4) is 17.0 Å². The highest BCUT2D eigenvalue weighted by atomic mass is 35.5. The molecule has 1 aromatic heterocycles. The third-order valence-corrected chi connectivity index (χ3v) is 6.95. The van der Waals surface area contributed by atoms with E-state index in [4.69, 9.17) is 11.6 Å². The van der Waals surface area contributed by atoms with E-state index in [0.717, 1.165) is 36.9 Å². The monoisotopic (exact) mass is 532 g/mol. The number of rotatable bonds is 6. The zero-order valence-corrected chi connectivity index (χ0v) is 21.2. The van der Waals surface area contributed by atoms with Crippen molar-refractivity contribution < 1.29 is 19.1 Å². The van der Waals surface area contributed by atoms with Gasteiger partial charge in [-0.1, -0.05) is 36.6 Å². The molecule has 0 saturated heterocycles. The largest absolute Gasteiger partial charge is 0.507 e. The van der Waals surface area contributed by atoms with Crippen LogP contribution in [-0.4, -0.2) is 26.8 Å². The molecule has 1 fully saturated rings. The van der Waals surface area contributed by atoms with Crippen molar-refractivity contribution in [1.29, 1.82) is 0 Å². The molecule has 0 radical (unpaired) electrons. The maximum atomic E-state index is 13.2. The maximum absolute atomic E-state index is 13.2. The fourth-order valence-electron chi connectivity index (χ4n) is 4.68. The summed E-state index contributed by atoms with van der Waals surface area (Å²) in [6.07, 6.45) is 4.03. The molecule has 1 aliphatic carbocycles. The average Bonchev–Trinajstić information content (AvgIpc) is 3.60. The molecule has 4 aromatic rings. The Labute approximate surface area is 224 Å². The Morgan fingerprint density at radius 1 is 1.00 bits per heavy atom. The van der Waals surface area contributed by atoms with Gasteiger partial charge in [0.25, 0.3) is 5.91 Å². The number of carbonyl (C=O) groups excluding carboxylic acids is 2. The van der Waals surface area contributed by atoms with E-state index in [1.807, 2.05) is 6.07 Å². The van der Waals surface area contributed by atoms with Gasteiger partial charge in [-0.15, -0.1) is 0 Å². The summed E-state index contributed by atoms with van der Waals surface area (Å²) in [4.78, 5) is 25.8. The zero-order valence-electron chi connectivity index (χ0n) is 20.5. The van der Waals surface area contributed by atoms with Gasteiger partial charge in [0, 0.05) is 34.3 Å². The number of anilines is 1. The van der Waals surface area contributed by atoms with Crippen LogP contribution in [0.2, 0.25) is 5.02 Å². The molecule has 2 amide bonds. The fourth-order valence-corrected chi connectivity index (χ4v) is 4.81. The summed E-state index contributed by atoms with van der Waals surface area (Å²) < 4.78 is 14.6. The Kier molecular flexibility index (Phi) is 7.42. The molecule has 194 valence electrons. The van der Waals surface area contributed by atoms with E-state index in [2.05, 4.69) is 15.7 Å². The van der Waals surface area contributed by atoms with Gasteiger partial charge < -0.3 is 15.7 Å². The lowest BCUT2D eigenvalue weighted by atomic mass is 10.0. The summed E-state index contributed by atoms with van der Waals surface area (Å²) >= 11 is 5.91. The second-order valence-corrected chi connectivity index (χ2v) is 9.76. The van der Waals surface area contributed by atoms with E-state index in [9.17, 15) is 19.1 Å². The SMILES string of the molecule is O=C(Nc1ccc(O)c(-c2cc(C3CCCC3)n(C(=O)NCc3ccc(F)cc3)n2)c1)c1ccc(Cl)cc1. The highest BCUT2D eigenvalue weighted by Gasteiger charge is 2.26. The van der Waals surface area contributed by atoms with Gasteiger partial charge in [0.1, 0.15) is 11.6 Å². The van der Waals surface area contributed by atoms with Crippen LogP contribution in [0.3, 0.4) is 0 Å². The molecule has 0 aliphatic heterocycles. The molecule has 3 N–H and O–H groups in total. The van der Waals surface area contributed by atoms with Crippen molar-refractivity contribution in [1.82, 2.24) is 15.1 Å². The number of aromatic hydroxyl groups is 1. The molecule has 0 bridgehead atoms. The van der Waals surface area contributed by atoms with Gasteiger partial charge in [0.15, 0.2) is 0 Å². The number of phenolic OH excluding ortho intramolecular Hbond substituents is 1. The molecule has 0 spiro atoms. The first-order valence-electron chi connectivity index (χ1n) is 12.4. The van der Waals surface area contributed by atoms with Crippen LogP contribution in [0.4, 0.5) is 14.9 Å². The molecule has 1 aliphatic rings. The number of benzene rings is 3. The van der Waals surface area contributed by atoms with Crippen LogP contribution in [0.5, 0.6) is 5.75 Å². The van der Waals surface area contributed by atoms with Gasteiger partial charge in [0.05, 0.1) is 11.4 Å². The molecular weight excluding hydrogens is 507 g/mol. The minimum Gasteiger partial charge on any atom is -0.507 e. The maximum Gasteiger partial charge on any atom is 0.342 e. The van der Waals surface area contributed by atoms with Crippen molar-refractivity contribution in [2.75, 3.05) is 5.32 Å². The first-order chi connectivity index (χ1) is 18.4. The second-order valence-electron chi connectivity index (χ2n) is 9.33. The number of hydrogen-bond donors (Lipinski definition) is 3. The first-order valence-corrected chi connectivity index (χ1v) is 12.8. The van der Waals surface area contributed by atoms with E-state index in [0.29, 0.717) is 27.5 Å². The lowest BCUT2D eigenvalue weighted by Gasteiger charge is -2.12. The highest BCUT2D eigenvalue weighted by Crippen LogP contribution is 2.38. The topological polar surface area (TPSA) is 96.2 Å². The molecule has 0 unspecified atom stereocenters. The van der Waals surface area contributed by atoms with Crippen LogP contribution in [0.25, 0.3) is 11.3 Å². The van der Waals surface area contributed by atoms with Crippen LogP contribution in [0.1, 0.15) is 53.2 Å². The minimum atomic E-state index is -0.408. The van der Waals surface area contributed by atoms with Gasteiger partial charge in [0.2, 0.25) is 0 Å². The van der Waals surface area contributed by atoms with E-state index in [1.54, 1.807) is 48.5 Å². The summed E-state index contributed by atoms with van der Waals surface area (Å²) in [7, 11) is 0. The Morgan fingerprint density at radius 3 is 2.42 bits per heavy atom. The number of nitrogens with zero attached hydrogens (tertiary/aromatic N) is 2. The Balaban J connectivity index is 1.41. The zero-order chi connectivity index (χ0) is 26.6. The van der Waals surface area contributed by atoms with Crippen molar-refractivity contribution in [3.05, 3.63) is 100 Å². The number of aromatic nitrogens is 2. The van der Waals surface area contributed by atoms with Crippen molar-refractivity contribution in [2.45, 2.75) is 38.1 Å². The molecular formula is C29H26ClFN4O3. The van der Waals surface area contributed by atoms with Gasteiger partial charge >= 0.3 is 6.03 Å². The van der Waals surface area contributed by atoms with Crippen molar-refractivity contribution >= 4 is 29.2 Å². The second kappa shape index (κ2) is 11.1. The quantitative estimate of drug-likeness (QED) is 0.240. The summed E-state index contributed by atoms with van der Waals surface area (Å²) in [6, 6.07) is 18.6. The number of carbonyl (C=O) groups is 2. The molecule has 5 rings (SSSR count). The van der Waals surface area contributed by atoms with Crippen LogP contribution in [0, 0.1) is 5.82 Å². The first kappa shape index (κ1) is 25.5.